The van der Waals surface area contributed by atoms with Crippen LogP contribution in [0.25, 0.3) is 11.0 Å². The van der Waals surface area contributed by atoms with Gasteiger partial charge >= 0.3 is 0 Å². The van der Waals surface area contributed by atoms with Gasteiger partial charge < -0.3 is 5.32 Å². The fourth-order valence-electron chi connectivity index (χ4n) is 2.04. The lowest BCUT2D eigenvalue weighted by atomic mass is 10.1. The van der Waals surface area contributed by atoms with E-state index in [0.717, 1.165) is 26.6 Å². The topological polar surface area (TPSA) is 37.8 Å². The van der Waals surface area contributed by atoms with Crippen molar-refractivity contribution in [2.45, 2.75) is 6.04 Å². The van der Waals surface area contributed by atoms with Gasteiger partial charge in [-0.15, -0.1) is 11.3 Å². The molecular formula is C14H12ClN3S. The number of aromatic nitrogens is 2. The molecule has 0 bridgehead atoms. The van der Waals surface area contributed by atoms with Crippen LogP contribution in [0.4, 0.5) is 0 Å². The van der Waals surface area contributed by atoms with Crippen LogP contribution in [-0.2, 0) is 0 Å². The highest BCUT2D eigenvalue weighted by atomic mass is 35.5. The van der Waals surface area contributed by atoms with Gasteiger partial charge in [-0.1, -0.05) is 23.7 Å². The number of para-hydroxylation sites is 2. The Labute approximate surface area is 120 Å². The van der Waals surface area contributed by atoms with Crippen molar-refractivity contribution in [3.8, 4) is 0 Å². The molecule has 1 unspecified atom stereocenters. The number of halogens is 1. The highest BCUT2D eigenvalue weighted by Crippen LogP contribution is 2.32. The molecule has 0 saturated carbocycles. The van der Waals surface area contributed by atoms with Crippen LogP contribution >= 0.6 is 22.9 Å². The monoisotopic (exact) mass is 289 g/mol. The second kappa shape index (κ2) is 5.25. The number of hydrogen-bond acceptors (Lipinski definition) is 4. The summed E-state index contributed by atoms with van der Waals surface area (Å²) in [4.78, 5) is 10.2. The summed E-state index contributed by atoms with van der Waals surface area (Å²) in [6, 6.07) is 9.73. The second-order valence-electron chi connectivity index (χ2n) is 4.14. The van der Waals surface area contributed by atoms with E-state index in [2.05, 4.69) is 15.3 Å². The predicted molar refractivity (Wildman–Crippen MR) is 79.8 cm³/mol. The minimum atomic E-state index is -0.0235. The largest absolute Gasteiger partial charge is 0.307 e. The molecule has 3 rings (SSSR count). The molecule has 0 aliphatic carbocycles. The molecular weight excluding hydrogens is 278 g/mol. The van der Waals surface area contributed by atoms with Crippen LogP contribution in [0.1, 0.15) is 16.6 Å². The first-order valence-electron chi connectivity index (χ1n) is 5.91. The zero-order valence-electron chi connectivity index (χ0n) is 10.3. The molecule has 0 fully saturated rings. The van der Waals surface area contributed by atoms with Crippen molar-refractivity contribution in [2.75, 3.05) is 7.05 Å². The lowest BCUT2D eigenvalue weighted by molar-refractivity contribution is 0.682. The quantitative estimate of drug-likeness (QED) is 0.800. The first-order valence-corrected chi connectivity index (χ1v) is 7.17. The lowest BCUT2D eigenvalue weighted by Crippen LogP contribution is -2.18. The molecule has 1 aromatic carbocycles. The number of nitrogens with zero attached hydrogens (tertiary/aromatic N) is 2. The van der Waals surface area contributed by atoms with Crippen LogP contribution < -0.4 is 5.32 Å². The van der Waals surface area contributed by atoms with Crippen molar-refractivity contribution < 1.29 is 0 Å². The summed E-state index contributed by atoms with van der Waals surface area (Å²) in [6.07, 6.45) is 1.81. The van der Waals surface area contributed by atoms with Gasteiger partial charge in [0.15, 0.2) is 0 Å². The van der Waals surface area contributed by atoms with Gasteiger partial charge in [-0.3, -0.25) is 4.98 Å². The number of rotatable bonds is 3. The third-order valence-corrected chi connectivity index (χ3v) is 4.38. The van der Waals surface area contributed by atoms with E-state index in [9.17, 15) is 0 Å². The van der Waals surface area contributed by atoms with Crippen molar-refractivity contribution >= 4 is 34.0 Å². The summed E-state index contributed by atoms with van der Waals surface area (Å²) in [6.45, 7) is 0. The molecule has 0 aliphatic heterocycles. The average Bonchev–Trinajstić information content (AvgIpc) is 2.86. The molecule has 0 saturated heterocycles. The first-order chi connectivity index (χ1) is 9.29. The van der Waals surface area contributed by atoms with Gasteiger partial charge in [-0.05, 0) is 30.6 Å². The highest BCUT2D eigenvalue weighted by molar-refractivity contribution is 7.10. The van der Waals surface area contributed by atoms with Gasteiger partial charge in [-0.2, -0.15) is 0 Å². The van der Waals surface area contributed by atoms with Crippen LogP contribution in [0.3, 0.4) is 0 Å². The van der Waals surface area contributed by atoms with Crippen molar-refractivity contribution in [3.63, 3.8) is 0 Å². The van der Waals surface area contributed by atoms with Crippen LogP contribution in [0.5, 0.6) is 0 Å². The molecule has 0 amide bonds. The smallest absolute Gasteiger partial charge is 0.0891 e. The van der Waals surface area contributed by atoms with Crippen molar-refractivity contribution in [2.24, 2.45) is 0 Å². The van der Waals surface area contributed by atoms with Crippen LogP contribution in [0, 0.1) is 0 Å². The van der Waals surface area contributed by atoms with E-state index in [1.807, 2.05) is 42.8 Å². The molecule has 96 valence electrons. The summed E-state index contributed by atoms with van der Waals surface area (Å²) in [5, 5.41) is 6.00. The first kappa shape index (κ1) is 12.5. The summed E-state index contributed by atoms with van der Waals surface area (Å²) in [7, 11) is 1.90. The Kier molecular flexibility index (Phi) is 3.46. The van der Waals surface area contributed by atoms with E-state index in [1.54, 1.807) is 17.5 Å². The molecule has 19 heavy (non-hydrogen) atoms. The molecule has 1 N–H and O–H groups in total. The van der Waals surface area contributed by atoms with Gasteiger partial charge in [-0.25, -0.2) is 4.98 Å². The SMILES string of the molecule is CNC(c1cnc2ccccc2n1)c1sccc1Cl. The van der Waals surface area contributed by atoms with E-state index in [4.69, 9.17) is 11.6 Å². The maximum absolute atomic E-state index is 6.20. The minimum absolute atomic E-state index is 0.0235. The molecule has 0 radical (unpaired) electrons. The van der Waals surface area contributed by atoms with Crippen LogP contribution in [-0.4, -0.2) is 17.0 Å². The van der Waals surface area contributed by atoms with Gasteiger partial charge in [0.25, 0.3) is 0 Å². The van der Waals surface area contributed by atoms with Crippen molar-refractivity contribution in [3.05, 3.63) is 57.5 Å². The number of nitrogens with one attached hydrogen (secondary N) is 1. The molecule has 2 aromatic heterocycles. The van der Waals surface area contributed by atoms with Gasteiger partial charge in [0.1, 0.15) is 0 Å². The number of fused-ring (bicyclic) bond motifs is 1. The maximum Gasteiger partial charge on any atom is 0.0891 e. The molecule has 1 atom stereocenters. The minimum Gasteiger partial charge on any atom is -0.307 e. The predicted octanol–water partition coefficient (Wildman–Crippen LogP) is 3.65. The Morgan fingerprint density at radius 1 is 1.21 bits per heavy atom. The van der Waals surface area contributed by atoms with E-state index < -0.39 is 0 Å². The van der Waals surface area contributed by atoms with Gasteiger partial charge in [0.05, 0.1) is 34.0 Å². The summed E-state index contributed by atoms with van der Waals surface area (Å²) < 4.78 is 0. The maximum atomic E-state index is 6.20. The van der Waals surface area contributed by atoms with E-state index >= 15 is 0 Å². The summed E-state index contributed by atoms with van der Waals surface area (Å²) in [5.74, 6) is 0. The third kappa shape index (κ3) is 2.34. The Morgan fingerprint density at radius 2 is 2.00 bits per heavy atom. The third-order valence-electron chi connectivity index (χ3n) is 2.96. The molecule has 3 aromatic rings. The molecule has 3 nitrogen and oxygen atoms in total. The Morgan fingerprint density at radius 3 is 2.68 bits per heavy atom. The fourth-order valence-corrected chi connectivity index (χ4v) is 3.32. The normalized spacial score (nSPS) is 12.7. The van der Waals surface area contributed by atoms with Crippen molar-refractivity contribution in [1.82, 2.24) is 15.3 Å². The van der Waals surface area contributed by atoms with Crippen LogP contribution in [0.15, 0.2) is 41.9 Å². The van der Waals surface area contributed by atoms with E-state index in [-0.39, 0.29) is 6.04 Å². The van der Waals surface area contributed by atoms with E-state index in [1.165, 1.54) is 0 Å². The highest BCUT2D eigenvalue weighted by Gasteiger charge is 2.18. The summed E-state index contributed by atoms with van der Waals surface area (Å²) in [5.41, 5.74) is 2.68. The average molecular weight is 290 g/mol. The van der Waals surface area contributed by atoms with Crippen LogP contribution in [0.2, 0.25) is 5.02 Å². The number of hydrogen-bond donors (Lipinski definition) is 1. The zero-order chi connectivity index (χ0) is 13.2. The molecule has 2 heterocycles. The Bertz CT molecular complexity index is 710. The van der Waals surface area contributed by atoms with Gasteiger partial charge in [0, 0.05) is 4.88 Å². The summed E-state index contributed by atoms with van der Waals surface area (Å²) >= 11 is 7.82. The standard InChI is InChI=1S/C14H12ClN3S/c1-16-13(14-9(15)6-7-19-14)12-8-17-10-4-2-3-5-11(10)18-12/h2-8,13,16H,1H3. The van der Waals surface area contributed by atoms with Gasteiger partial charge in [0.2, 0.25) is 0 Å². The lowest BCUT2D eigenvalue weighted by Gasteiger charge is -2.14. The fraction of sp³-hybridized carbons (Fsp3) is 0.143. The second-order valence-corrected chi connectivity index (χ2v) is 5.49. The zero-order valence-corrected chi connectivity index (χ0v) is 11.9. The Balaban J connectivity index is 2.09. The van der Waals surface area contributed by atoms with Crippen molar-refractivity contribution in [1.29, 1.82) is 0 Å². The molecule has 0 spiro atoms. The van der Waals surface area contributed by atoms with E-state index in [0.29, 0.717) is 0 Å². The number of benzene rings is 1. The molecule has 5 heteroatoms. The number of thiophene rings is 1. The molecule has 0 aliphatic rings. The Hall–Kier alpha value is -1.49.